The van der Waals surface area contributed by atoms with E-state index in [2.05, 4.69) is 40.7 Å². The van der Waals surface area contributed by atoms with Gasteiger partial charge >= 0.3 is 6.18 Å². The fourth-order valence-corrected chi connectivity index (χ4v) is 4.98. The molecule has 0 saturated carbocycles. The highest BCUT2D eigenvalue weighted by Crippen LogP contribution is 2.40. The zero-order valence-corrected chi connectivity index (χ0v) is 22.5. The summed E-state index contributed by atoms with van der Waals surface area (Å²) in [4.78, 5) is 25.2. The molecule has 0 bridgehead atoms. The Labute approximate surface area is 214 Å². The molecule has 0 aromatic rings. The fraction of sp³-hybridized carbons (Fsp3) is 0.500. The summed E-state index contributed by atoms with van der Waals surface area (Å²) in [5.74, 6) is -0.777. The van der Waals surface area contributed by atoms with Crippen LogP contribution >= 0.6 is 23.4 Å². The van der Waals surface area contributed by atoms with E-state index in [4.69, 9.17) is 17.3 Å². The van der Waals surface area contributed by atoms with Crippen molar-refractivity contribution in [1.29, 1.82) is 0 Å². The number of carbonyl (C=O) groups is 1. The number of allylic oxidation sites excluding steroid dienone is 3. The van der Waals surface area contributed by atoms with Gasteiger partial charge in [-0.05, 0) is 32.3 Å². The van der Waals surface area contributed by atoms with Crippen LogP contribution in [0.4, 0.5) is 13.2 Å². The number of hydrogen-bond donors (Lipinski definition) is 2. The van der Waals surface area contributed by atoms with Gasteiger partial charge in [0.2, 0.25) is 0 Å². The van der Waals surface area contributed by atoms with Gasteiger partial charge in [0.05, 0.1) is 10.6 Å². The van der Waals surface area contributed by atoms with E-state index in [1.165, 1.54) is 24.0 Å². The van der Waals surface area contributed by atoms with Gasteiger partial charge in [-0.15, -0.1) is 0 Å². The summed E-state index contributed by atoms with van der Waals surface area (Å²) in [6, 6.07) is 0. The molecule has 1 unspecified atom stereocenters. The van der Waals surface area contributed by atoms with Gasteiger partial charge in [-0.2, -0.15) is 13.2 Å². The molecule has 0 aromatic carbocycles. The molecule has 2 aliphatic heterocycles. The van der Waals surface area contributed by atoms with E-state index < -0.39 is 29.6 Å². The third-order valence-corrected chi connectivity index (χ3v) is 6.23. The first-order valence-electron chi connectivity index (χ1n) is 11.2. The van der Waals surface area contributed by atoms with Gasteiger partial charge in [-0.3, -0.25) is 14.8 Å². The smallest absolute Gasteiger partial charge is 0.378 e. The number of thioether (sulfide) groups is 1. The summed E-state index contributed by atoms with van der Waals surface area (Å²) in [6.45, 7) is 15.9. The first kappa shape index (κ1) is 30.7. The minimum absolute atomic E-state index is 0.0928. The Morgan fingerprint density at radius 2 is 2.00 bits per heavy atom. The van der Waals surface area contributed by atoms with Crippen LogP contribution in [-0.4, -0.2) is 39.0 Å². The van der Waals surface area contributed by atoms with Crippen molar-refractivity contribution in [2.75, 3.05) is 0 Å². The molecule has 0 aliphatic carbocycles. The number of alkyl halides is 3. The van der Waals surface area contributed by atoms with Gasteiger partial charge in [0.1, 0.15) is 11.3 Å². The lowest BCUT2D eigenvalue weighted by Crippen LogP contribution is -2.45. The lowest BCUT2D eigenvalue weighted by Gasteiger charge is -2.39. The predicted octanol–water partition coefficient (Wildman–Crippen LogP) is 6.41. The normalized spacial score (nSPS) is 22.6. The SMILES string of the molecule is C=C(/C=C\N=C(CC)C1(C)CC(C)(C)SC(N)=N1)NC(=O)C1=NC=C(C(F)(F)F)CC=C1Cl.CC. The number of amides is 1. The summed E-state index contributed by atoms with van der Waals surface area (Å²) < 4.78 is 38.6. The predicted molar refractivity (Wildman–Crippen MR) is 142 cm³/mol. The molecule has 0 fully saturated rings. The molecule has 0 spiro atoms. The van der Waals surface area contributed by atoms with Crippen LogP contribution in [0.15, 0.2) is 62.4 Å². The fourth-order valence-electron chi connectivity index (χ4n) is 3.60. The molecular formula is C24H33ClF3N5OS. The summed E-state index contributed by atoms with van der Waals surface area (Å²) in [7, 11) is 0. The minimum atomic E-state index is -4.55. The van der Waals surface area contributed by atoms with Crippen molar-refractivity contribution in [3.05, 3.63) is 47.4 Å². The van der Waals surface area contributed by atoms with Crippen LogP contribution in [0.2, 0.25) is 0 Å². The van der Waals surface area contributed by atoms with Crippen molar-refractivity contribution in [2.24, 2.45) is 20.7 Å². The molecule has 1 amide bonds. The van der Waals surface area contributed by atoms with Gasteiger partial charge in [-0.25, -0.2) is 4.99 Å². The highest BCUT2D eigenvalue weighted by molar-refractivity contribution is 8.15. The summed E-state index contributed by atoms with van der Waals surface area (Å²) in [6.07, 6.45) is 1.03. The van der Waals surface area contributed by atoms with Gasteiger partial charge in [0, 0.05) is 28.6 Å². The molecule has 2 aliphatic rings. The van der Waals surface area contributed by atoms with Gasteiger partial charge < -0.3 is 11.1 Å². The lowest BCUT2D eigenvalue weighted by atomic mass is 9.85. The summed E-state index contributed by atoms with van der Waals surface area (Å²) in [5.41, 5.74) is 5.22. The maximum Gasteiger partial charge on any atom is 0.414 e. The quantitative estimate of drug-likeness (QED) is 0.306. The summed E-state index contributed by atoms with van der Waals surface area (Å²) >= 11 is 7.48. The number of nitrogens with one attached hydrogen (secondary N) is 1. The van der Waals surface area contributed by atoms with Crippen molar-refractivity contribution < 1.29 is 18.0 Å². The molecule has 1 atom stereocenters. The molecular weight excluding hydrogens is 499 g/mol. The molecule has 2 heterocycles. The zero-order valence-electron chi connectivity index (χ0n) is 20.9. The molecule has 0 radical (unpaired) electrons. The molecule has 0 saturated heterocycles. The number of amidine groups is 1. The van der Waals surface area contributed by atoms with Gasteiger partial charge in [-0.1, -0.05) is 70.6 Å². The first-order chi connectivity index (χ1) is 16.2. The van der Waals surface area contributed by atoms with E-state index in [0.29, 0.717) is 17.8 Å². The molecule has 194 valence electrons. The van der Waals surface area contributed by atoms with E-state index in [1.54, 1.807) is 0 Å². The van der Waals surface area contributed by atoms with Crippen molar-refractivity contribution in [1.82, 2.24) is 5.32 Å². The number of nitrogens with zero attached hydrogens (tertiary/aromatic N) is 3. The Morgan fingerprint density at radius 1 is 1.37 bits per heavy atom. The molecule has 35 heavy (non-hydrogen) atoms. The largest absolute Gasteiger partial charge is 0.414 e. The van der Waals surface area contributed by atoms with Crippen LogP contribution < -0.4 is 11.1 Å². The number of carbonyl (C=O) groups excluding carboxylic acids is 1. The number of nitrogens with two attached hydrogens (primary N) is 1. The van der Waals surface area contributed by atoms with Crippen molar-refractivity contribution in [3.63, 3.8) is 0 Å². The highest BCUT2D eigenvalue weighted by Gasteiger charge is 2.40. The van der Waals surface area contributed by atoms with Crippen LogP contribution in [0.5, 0.6) is 0 Å². The van der Waals surface area contributed by atoms with E-state index >= 15 is 0 Å². The van der Waals surface area contributed by atoms with E-state index in [1.807, 2.05) is 27.7 Å². The van der Waals surface area contributed by atoms with Crippen LogP contribution in [-0.2, 0) is 4.79 Å². The monoisotopic (exact) mass is 531 g/mol. The molecule has 3 N–H and O–H groups in total. The third kappa shape index (κ3) is 9.00. The van der Waals surface area contributed by atoms with Gasteiger partial charge in [0.25, 0.3) is 5.91 Å². The average molecular weight is 532 g/mol. The Hall–Kier alpha value is -2.33. The number of hydrogen-bond acceptors (Lipinski definition) is 6. The Kier molecular flexibility index (Phi) is 11.0. The topological polar surface area (TPSA) is 92.2 Å². The van der Waals surface area contributed by atoms with Crippen molar-refractivity contribution in [2.45, 2.75) is 77.3 Å². The first-order valence-corrected chi connectivity index (χ1v) is 12.3. The average Bonchev–Trinajstić information content (AvgIpc) is 2.92. The second kappa shape index (κ2) is 12.6. The van der Waals surface area contributed by atoms with Crippen LogP contribution in [0.1, 0.15) is 60.8 Å². The Morgan fingerprint density at radius 3 is 2.54 bits per heavy atom. The second-order valence-corrected chi connectivity index (χ2v) is 10.5. The lowest BCUT2D eigenvalue weighted by molar-refractivity contribution is -0.114. The Bertz CT molecular complexity index is 1010. The summed E-state index contributed by atoms with van der Waals surface area (Å²) in [5, 5.41) is 2.79. The molecule has 6 nitrogen and oxygen atoms in total. The highest BCUT2D eigenvalue weighted by atomic mass is 35.5. The van der Waals surface area contributed by atoms with Crippen molar-refractivity contribution >= 4 is 45.9 Å². The van der Waals surface area contributed by atoms with E-state index in [9.17, 15) is 18.0 Å². The van der Waals surface area contributed by atoms with E-state index in [-0.39, 0.29) is 21.2 Å². The molecule has 0 aromatic heterocycles. The second-order valence-electron chi connectivity index (χ2n) is 8.37. The van der Waals surface area contributed by atoms with Crippen LogP contribution in [0.25, 0.3) is 0 Å². The minimum Gasteiger partial charge on any atom is -0.378 e. The maximum atomic E-state index is 12.9. The standard InChI is InChI=1S/C22H27ClF3N5OS.C2H6/c1-6-16(21(5)12-20(3,4)33-19(27)31-21)28-10-9-13(2)30-18(32)17-15(23)8-7-14(11-29-17)22(24,25)26;1-2/h8-11H,2,6-7,12H2,1,3-5H3,(H2,27,31)(H,30,32);1-2H3/b10-9-,28-16?;. The van der Waals surface area contributed by atoms with Gasteiger partial charge in [0.15, 0.2) is 5.17 Å². The number of rotatable bonds is 6. The molecule has 11 heteroatoms. The van der Waals surface area contributed by atoms with E-state index in [0.717, 1.165) is 18.2 Å². The van der Waals surface area contributed by atoms with Crippen LogP contribution in [0, 0.1) is 0 Å². The Balaban J connectivity index is 0.00000298. The maximum absolute atomic E-state index is 12.9. The van der Waals surface area contributed by atoms with Crippen molar-refractivity contribution in [3.8, 4) is 0 Å². The number of halogens is 4. The third-order valence-electron chi connectivity index (χ3n) is 4.90. The van der Waals surface area contributed by atoms with Crippen LogP contribution in [0.3, 0.4) is 0 Å². The molecule has 2 rings (SSSR count). The zero-order chi connectivity index (χ0) is 27.0. The number of aliphatic imine (C=N–C) groups is 3.